The molecule has 0 spiro atoms. The maximum absolute atomic E-state index is 6.06. The molecule has 0 aromatic carbocycles. The van der Waals surface area contributed by atoms with Gasteiger partial charge in [0.25, 0.3) is 0 Å². The van der Waals surface area contributed by atoms with Crippen molar-refractivity contribution in [3.8, 4) is 0 Å². The first-order valence-corrected chi connectivity index (χ1v) is 8.66. The summed E-state index contributed by atoms with van der Waals surface area (Å²) in [5.41, 5.74) is 6.06. The van der Waals surface area contributed by atoms with Crippen LogP contribution in [0.15, 0.2) is 0 Å². The molecule has 1 aliphatic heterocycles. The van der Waals surface area contributed by atoms with E-state index in [2.05, 4.69) is 18.7 Å². The van der Waals surface area contributed by atoms with E-state index in [1.807, 2.05) is 0 Å². The Hall–Kier alpha value is -0.0800. The van der Waals surface area contributed by atoms with Crippen molar-refractivity contribution in [2.24, 2.45) is 23.5 Å². The quantitative estimate of drug-likeness (QED) is 0.790. The van der Waals surface area contributed by atoms with Crippen molar-refractivity contribution in [2.75, 3.05) is 19.6 Å². The lowest BCUT2D eigenvalue weighted by molar-refractivity contribution is 0.137. The van der Waals surface area contributed by atoms with Gasteiger partial charge in [0.15, 0.2) is 0 Å². The fourth-order valence-corrected chi connectivity index (χ4v) is 4.26. The Kier molecular flexibility index (Phi) is 6.15. The minimum Gasteiger partial charge on any atom is -0.330 e. The molecule has 0 bridgehead atoms. The Morgan fingerprint density at radius 3 is 2.47 bits per heavy atom. The zero-order valence-corrected chi connectivity index (χ0v) is 13.1. The second-order valence-electron chi connectivity index (χ2n) is 7.17. The maximum Gasteiger partial charge on any atom is 0.0135 e. The van der Waals surface area contributed by atoms with Gasteiger partial charge in [-0.3, -0.25) is 0 Å². The van der Waals surface area contributed by atoms with Gasteiger partial charge in [-0.1, -0.05) is 33.1 Å². The summed E-state index contributed by atoms with van der Waals surface area (Å²) in [5.74, 6) is 2.57. The van der Waals surface area contributed by atoms with Gasteiger partial charge in [0.05, 0.1) is 0 Å². The van der Waals surface area contributed by atoms with Crippen molar-refractivity contribution in [1.29, 1.82) is 0 Å². The van der Waals surface area contributed by atoms with Crippen LogP contribution in [0.2, 0.25) is 0 Å². The van der Waals surface area contributed by atoms with Gasteiger partial charge in [-0.15, -0.1) is 0 Å². The fourth-order valence-electron chi connectivity index (χ4n) is 4.26. The van der Waals surface area contributed by atoms with E-state index >= 15 is 0 Å². The molecule has 0 aromatic heterocycles. The van der Waals surface area contributed by atoms with Crippen LogP contribution in [0.5, 0.6) is 0 Å². The number of nitrogens with two attached hydrogens (primary N) is 1. The molecule has 3 atom stereocenters. The third-order valence-corrected chi connectivity index (χ3v) is 5.64. The summed E-state index contributed by atoms with van der Waals surface area (Å²) >= 11 is 0. The van der Waals surface area contributed by atoms with Crippen molar-refractivity contribution < 1.29 is 0 Å². The first-order valence-electron chi connectivity index (χ1n) is 8.66. The molecule has 19 heavy (non-hydrogen) atoms. The van der Waals surface area contributed by atoms with Gasteiger partial charge < -0.3 is 10.6 Å². The summed E-state index contributed by atoms with van der Waals surface area (Å²) in [7, 11) is 0. The van der Waals surface area contributed by atoms with E-state index in [-0.39, 0.29) is 0 Å². The van der Waals surface area contributed by atoms with Crippen molar-refractivity contribution >= 4 is 0 Å². The van der Waals surface area contributed by atoms with Gasteiger partial charge in [0, 0.05) is 6.04 Å². The largest absolute Gasteiger partial charge is 0.330 e. The molecule has 1 heterocycles. The van der Waals surface area contributed by atoms with Gasteiger partial charge in [-0.05, 0) is 69.5 Å². The van der Waals surface area contributed by atoms with Gasteiger partial charge >= 0.3 is 0 Å². The van der Waals surface area contributed by atoms with Gasteiger partial charge in [-0.2, -0.15) is 0 Å². The van der Waals surface area contributed by atoms with Crippen molar-refractivity contribution in [2.45, 2.75) is 71.3 Å². The Bertz CT molecular complexity index is 252. The molecule has 2 fully saturated rings. The summed E-state index contributed by atoms with van der Waals surface area (Å²) in [5, 5.41) is 0. The van der Waals surface area contributed by atoms with Crippen LogP contribution >= 0.6 is 0 Å². The monoisotopic (exact) mass is 266 g/mol. The van der Waals surface area contributed by atoms with E-state index in [0.29, 0.717) is 0 Å². The summed E-state index contributed by atoms with van der Waals surface area (Å²) in [6.45, 7) is 8.34. The molecule has 2 heteroatoms. The van der Waals surface area contributed by atoms with Gasteiger partial charge in [0.1, 0.15) is 0 Å². The third-order valence-electron chi connectivity index (χ3n) is 5.64. The lowest BCUT2D eigenvalue weighted by Gasteiger charge is -2.35. The molecule has 112 valence electrons. The van der Waals surface area contributed by atoms with Crippen molar-refractivity contribution in [3.63, 3.8) is 0 Å². The Morgan fingerprint density at radius 2 is 1.74 bits per heavy atom. The molecule has 3 unspecified atom stereocenters. The van der Waals surface area contributed by atoms with E-state index < -0.39 is 0 Å². The van der Waals surface area contributed by atoms with Crippen LogP contribution in [0.3, 0.4) is 0 Å². The lowest BCUT2D eigenvalue weighted by Crippen LogP contribution is -2.43. The number of hydrogen-bond acceptors (Lipinski definition) is 2. The maximum atomic E-state index is 6.06. The van der Waals surface area contributed by atoms with E-state index in [9.17, 15) is 0 Å². The molecule has 2 nitrogen and oxygen atoms in total. The van der Waals surface area contributed by atoms with E-state index in [0.717, 1.165) is 30.3 Å². The topological polar surface area (TPSA) is 29.3 Å². The first-order chi connectivity index (χ1) is 9.22. The molecule has 2 N–H and O–H groups in total. The molecular formula is C17H34N2. The number of hydrogen-bond donors (Lipinski definition) is 1. The van der Waals surface area contributed by atoms with Crippen LogP contribution < -0.4 is 5.73 Å². The highest BCUT2D eigenvalue weighted by Gasteiger charge is 2.30. The molecule has 0 aromatic rings. The van der Waals surface area contributed by atoms with Crippen molar-refractivity contribution in [3.05, 3.63) is 0 Å². The lowest BCUT2D eigenvalue weighted by atomic mass is 9.89. The third kappa shape index (κ3) is 4.19. The van der Waals surface area contributed by atoms with Crippen LogP contribution in [0.1, 0.15) is 65.2 Å². The number of likely N-dealkylation sites (tertiary alicyclic amines) is 1. The van der Waals surface area contributed by atoms with E-state index in [1.165, 1.54) is 64.5 Å². The molecule has 1 aliphatic carbocycles. The Balaban J connectivity index is 1.95. The highest BCUT2D eigenvalue weighted by atomic mass is 15.2. The summed E-state index contributed by atoms with van der Waals surface area (Å²) < 4.78 is 0. The minimum absolute atomic E-state index is 0.762. The molecule has 1 saturated heterocycles. The zero-order valence-electron chi connectivity index (χ0n) is 13.1. The predicted octanol–water partition coefficient (Wildman–Crippen LogP) is 3.65. The smallest absolute Gasteiger partial charge is 0.0135 e. The second kappa shape index (κ2) is 7.64. The van der Waals surface area contributed by atoms with Crippen LogP contribution in [0, 0.1) is 17.8 Å². The molecular weight excluding hydrogens is 232 g/mol. The number of nitrogens with zero attached hydrogens (tertiary/aromatic N) is 1. The van der Waals surface area contributed by atoms with Crippen LogP contribution in [0.25, 0.3) is 0 Å². The predicted molar refractivity (Wildman–Crippen MR) is 83.2 cm³/mol. The van der Waals surface area contributed by atoms with Crippen LogP contribution in [-0.4, -0.2) is 30.6 Å². The highest BCUT2D eigenvalue weighted by molar-refractivity contribution is 4.85. The summed E-state index contributed by atoms with van der Waals surface area (Å²) in [4.78, 5) is 2.81. The first kappa shape index (κ1) is 15.3. The summed E-state index contributed by atoms with van der Waals surface area (Å²) in [6, 6.07) is 0.790. The van der Waals surface area contributed by atoms with Crippen LogP contribution in [-0.2, 0) is 0 Å². The Labute approximate surface area is 120 Å². The second-order valence-corrected chi connectivity index (χ2v) is 7.17. The normalized spacial score (nSPS) is 35.1. The molecule has 0 amide bonds. The number of rotatable bonds is 3. The standard InChI is InChI=1S/C17H34N2/c1-14(2)15-8-6-11-19(12-10-15)17-9-5-3-4-7-16(17)13-18/h14-17H,3-13,18H2,1-2H3. The average molecular weight is 266 g/mol. The Morgan fingerprint density at radius 1 is 0.947 bits per heavy atom. The molecule has 2 rings (SSSR count). The molecule has 2 aliphatic rings. The average Bonchev–Trinajstić information content (AvgIpc) is 2.78. The van der Waals surface area contributed by atoms with Gasteiger partial charge in [-0.25, -0.2) is 0 Å². The molecule has 1 saturated carbocycles. The SMILES string of the molecule is CC(C)C1CCCN(C2CCCCCC2CN)CC1. The molecule has 0 radical (unpaired) electrons. The minimum atomic E-state index is 0.762. The van der Waals surface area contributed by atoms with Crippen LogP contribution in [0.4, 0.5) is 0 Å². The highest BCUT2D eigenvalue weighted by Crippen LogP contribution is 2.31. The van der Waals surface area contributed by atoms with E-state index in [4.69, 9.17) is 5.73 Å². The fraction of sp³-hybridized carbons (Fsp3) is 1.00. The van der Waals surface area contributed by atoms with Crippen molar-refractivity contribution in [1.82, 2.24) is 4.90 Å². The van der Waals surface area contributed by atoms with Gasteiger partial charge in [0.2, 0.25) is 0 Å². The zero-order chi connectivity index (χ0) is 13.7. The summed E-state index contributed by atoms with van der Waals surface area (Å²) in [6.07, 6.45) is 11.3. The van der Waals surface area contributed by atoms with E-state index in [1.54, 1.807) is 0 Å².